The average Bonchev–Trinajstić information content (AvgIpc) is 2.95. The standard InChI is InChI=1S/C15H17FN2O3/c1-10-5-6-12(11(16)8-10)18-14(19)17-9-15(2,20)13-4-3-7-21-13/h3-8,20H,9H2,1-2H3,(H2,17,18,19). The molecule has 1 heterocycles. The predicted molar refractivity (Wildman–Crippen MR) is 76.4 cm³/mol. The van der Waals surface area contributed by atoms with Gasteiger partial charge in [0, 0.05) is 0 Å². The Morgan fingerprint density at radius 2 is 2.19 bits per heavy atom. The Morgan fingerprint density at radius 3 is 2.81 bits per heavy atom. The van der Waals surface area contributed by atoms with E-state index < -0.39 is 17.4 Å². The number of carbonyl (C=O) groups excluding carboxylic acids is 1. The summed E-state index contributed by atoms with van der Waals surface area (Å²) < 4.78 is 18.7. The van der Waals surface area contributed by atoms with Crippen LogP contribution < -0.4 is 10.6 Å². The largest absolute Gasteiger partial charge is 0.466 e. The number of amides is 2. The second-order valence-corrected chi connectivity index (χ2v) is 5.04. The second-order valence-electron chi connectivity index (χ2n) is 5.04. The van der Waals surface area contributed by atoms with Crippen molar-refractivity contribution < 1.29 is 18.7 Å². The molecule has 2 aromatic rings. The molecule has 2 amide bonds. The molecule has 21 heavy (non-hydrogen) atoms. The average molecular weight is 292 g/mol. The lowest BCUT2D eigenvalue weighted by Gasteiger charge is -2.21. The molecule has 5 nitrogen and oxygen atoms in total. The Kier molecular flexibility index (Phi) is 4.28. The highest BCUT2D eigenvalue weighted by atomic mass is 19.1. The van der Waals surface area contributed by atoms with Crippen LogP contribution in [-0.4, -0.2) is 17.7 Å². The van der Waals surface area contributed by atoms with Crippen molar-refractivity contribution in [3.63, 3.8) is 0 Å². The van der Waals surface area contributed by atoms with E-state index in [2.05, 4.69) is 10.6 Å². The first-order valence-corrected chi connectivity index (χ1v) is 6.46. The fourth-order valence-electron chi connectivity index (χ4n) is 1.81. The summed E-state index contributed by atoms with van der Waals surface area (Å²) in [7, 11) is 0. The third-order valence-electron chi connectivity index (χ3n) is 3.02. The minimum absolute atomic E-state index is 0.0696. The van der Waals surface area contributed by atoms with Gasteiger partial charge in [0.25, 0.3) is 0 Å². The lowest BCUT2D eigenvalue weighted by atomic mass is 10.0. The van der Waals surface area contributed by atoms with Crippen LogP contribution in [0.5, 0.6) is 0 Å². The zero-order valence-electron chi connectivity index (χ0n) is 11.8. The van der Waals surface area contributed by atoms with Crippen molar-refractivity contribution in [1.29, 1.82) is 0 Å². The van der Waals surface area contributed by atoms with E-state index in [-0.39, 0.29) is 12.2 Å². The van der Waals surface area contributed by atoms with Crippen LogP contribution in [-0.2, 0) is 5.60 Å². The fraction of sp³-hybridized carbons (Fsp3) is 0.267. The summed E-state index contributed by atoms with van der Waals surface area (Å²) in [6.45, 7) is 3.20. The van der Waals surface area contributed by atoms with E-state index in [0.29, 0.717) is 5.76 Å². The van der Waals surface area contributed by atoms with Gasteiger partial charge in [0.1, 0.15) is 17.2 Å². The monoisotopic (exact) mass is 292 g/mol. The topological polar surface area (TPSA) is 74.5 Å². The minimum Gasteiger partial charge on any atom is -0.466 e. The fourth-order valence-corrected chi connectivity index (χ4v) is 1.81. The molecular weight excluding hydrogens is 275 g/mol. The van der Waals surface area contributed by atoms with E-state index in [9.17, 15) is 14.3 Å². The van der Waals surface area contributed by atoms with Crippen LogP contribution in [0.2, 0.25) is 0 Å². The van der Waals surface area contributed by atoms with E-state index in [1.165, 1.54) is 25.3 Å². The number of rotatable bonds is 4. The summed E-state index contributed by atoms with van der Waals surface area (Å²) in [6, 6.07) is 7.15. The van der Waals surface area contributed by atoms with Gasteiger partial charge in [-0.3, -0.25) is 0 Å². The van der Waals surface area contributed by atoms with Gasteiger partial charge in [-0.05, 0) is 43.7 Å². The third kappa shape index (κ3) is 3.82. The quantitative estimate of drug-likeness (QED) is 0.811. The number of nitrogens with one attached hydrogen (secondary N) is 2. The molecule has 112 valence electrons. The van der Waals surface area contributed by atoms with Gasteiger partial charge in [0.15, 0.2) is 0 Å². The van der Waals surface area contributed by atoms with Crippen molar-refractivity contribution in [2.45, 2.75) is 19.4 Å². The molecule has 0 saturated heterocycles. The molecule has 1 aromatic carbocycles. The number of aryl methyl sites for hydroxylation is 1. The van der Waals surface area contributed by atoms with Crippen molar-refractivity contribution in [2.75, 3.05) is 11.9 Å². The van der Waals surface area contributed by atoms with Gasteiger partial charge < -0.3 is 20.2 Å². The molecule has 0 aliphatic rings. The molecular formula is C15H17FN2O3. The zero-order valence-corrected chi connectivity index (χ0v) is 11.8. The summed E-state index contributed by atoms with van der Waals surface area (Å²) in [5.41, 5.74) is -0.498. The van der Waals surface area contributed by atoms with Crippen LogP contribution in [0, 0.1) is 12.7 Å². The molecule has 0 fully saturated rings. The molecule has 3 N–H and O–H groups in total. The number of urea groups is 1. The molecule has 0 bridgehead atoms. The molecule has 0 saturated carbocycles. The maximum absolute atomic E-state index is 13.6. The second kappa shape index (κ2) is 5.97. The summed E-state index contributed by atoms with van der Waals surface area (Å²) >= 11 is 0. The first-order valence-electron chi connectivity index (χ1n) is 6.46. The Labute approximate surface area is 121 Å². The van der Waals surface area contributed by atoms with Gasteiger partial charge in [0.2, 0.25) is 0 Å². The number of furan rings is 1. The van der Waals surface area contributed by atoms with Gasteiger partial charge in [-0.25, -0.2) is 9.18 Å². The summed E-state index contributed by atoms with van der Waals surface area (Å²) in [6.07, 6.45) is 1.44. The molecule has 6 heteroatoms. The van der Waals surface area contributed by atoms with E-state index in [0.717, 1.165) is 5.56 Å². The van der Waals surface area contributed by atoms with Crippen LogP contribution >= 0.6 is 0 Å². The zero-order chi connectivity index (χ0) is 15.5. The molecule has 0 aliphatic heterocycles. The molecule has 1 unspecified atom stereocenters. The Hall–Kier alpha value is -2.34. The van der Waals surface area contributed by atoms with Gasteiger partial charge in [-0.15, -0.1) is 0 Å². The highest BCUT2D eigenvalue weighted by Crippen LogP contribution is 2.20. The number of hydrogen-bond acceptors (Lipinski definition) is 3. The van der Waals surface area contributed by atoms with E-state index >= 15 is 0 Å². The van der Waals surface area contributed by atoms with Crippen molar-refractivity contribution in [3.8, 4) is 0 Å². The van der Waals surface area contributed by atoms with Crippen LogP contribution in [0.3, 0.4) is 0 Å². The maximum atomic E-state index is 13.6. The van der Waals surface area contributed by atoms with Gasteiger partial charge in [0.05, 0.1) is 18.5 Å². The number of hydrogen-bond donors (Lipinski definition) is 3. The van der Waals surface area contributed by atoms with Crippen molar-refractivity contribution in [1.82, 2.24) is 5.32 Å². The Balaban J connectivity index is 1.93. The lowest BCUT2D eigenvalue weighted by molar-refractivity contribution is 0.0372. The Morgan fingerprint density at radius 1 is 1.43 bits per heavy atom. The van der Waals surface area contributed by atoms with Crippen LogP contribution in [0.1, 0.15) is 18.2 Å². The van der Waals surface area contributed by atoms with Crippen molar-refractivity contribution in [3.05, 3.63) is 53.7 Å². The molecule has 0 spiro atoms. The van der Waals surface area contributed by atoms with Gasteiger partial charge in [-0.1, -0.05) is 6.07 Å². The SMILES string of the molecule is Cc1ccc(NC(=O)NCC(C)(O)c2ccco2)c(F)c1. The minimum atomic E-state index is -1.34. The highest BCUT2D eigenvalue weighted by molar-refractivity contribution is 5.89. The van der Waals surface area contributed by atoms with Crippen molar-refractivity contribution in [2.24, 2.45) is 0 Å². The van der Waals surface area contributed by atoms with E-state index in [4.69, 9.17) is 4.42 Å². The number of benzene rings is 1. The summed E-state index contributed by atoms with van der Waals surface area (Å²) in [4.78, 5) is 11.7. The molecule has 2 rings (SSSR count). The van der Waals surface area contributed by atoms with Crippen LogP contribution in [0.15, 0.2) is 41.0 Å². The van der Waals surface area contributed by atoms with Gasteiger partial charge >= 0.3 is 6.03 Å². The highest BCUT2D eigenvalue weighted by Gasteiger charge is 2.26. The van der Waals surface area contributed by atoms with Gasteiger partial charge in [-0.2, -0.15) is 0 Å². The molecule has 0 radical (unpaired) electrons. The first kappa shape index (κ1) is 15.1. The third-order valence-corrected chi connectivity index (χ3v) is 3.02. The first-order chi connectivity index (χ1) is 9.88. The normalized spacial score (nSPS) is 13.5. The lowest BCUT2D eigenvalue weighted by Crippen LogP contribution is -2.40. The summed E-state index contributed by atoms with van der Waals surface area (Å²) in [5.74, 6) is -0.174. The smallest absolute Gasteiger partial charge is 0.319 e. The van der Waals surface area contributed by atoms with Crippen LogP contribution in [0.25, 0.3) is 0 Å². The summed E-state index contributed by atoms with van der Waals surface area (Å²) in [5, 5.41) is 15.0. The number of anilines is 1. The number of aliphatic hydroxyl groups is 1. The number of halogens is 1. The molecule has 1 atom stereocenters. The van der Waals surface area contributed by atoms with E-state index in [1.54, 1.807) is 25.1 Å². The van der Waals surface area contributed by atoms with Crippen LogP contribution in [0.4, 0.5) is 14.9 Å². The van der Waals surface area contributed by atoms with Crippen molar-refractivity contribution >= 4 is 11.7 Å². The van der Waals surface area contributed by atoms with E-state index in [1.807, 2.05) is 0 Å². The predicted octanol–water partition coefficient (Wildman–Crippen LogP) is 2.76. The maximum Gasteiger partial charge on any atom is 0.319 e. The number of carbonyl (C=O) groups is 1. The molecule has 1 aromatic heterocycles. The molecule has 0 aliphatic carbocycles. The Bertz CT molecular complexity index is 624.